The van der Waals surface area contributed by atoms with Crippen molar-refractivity contribution in [1.29, 1.82) is 0 Å². The van der Waals surface area contributed by atoms with Crippen LogP contribution in [0.2, 0.25) is 5.02 Å². The standard InChI is InChI=1S/C13H21ClNO3P/c1-2-3-8-19(17,18)9-12(16)13(15)10-4-6-11(14)7-5-10/h4-7,12-13,16H,2-3,8-9,15H2,1H3,(H,17,18). The molecule has 3 unspecified atom stereocenters. The molecule has 19 heavy (non-hydrogen) atoms. The summed E-state index contributed by atoms with van der Waals surface area (Å²) in [5.41, 5.74) is 6.60. The van der Waals surface area contributed by atoms with Crippen LogP contribution in [0.1, 0.15) is 31.4 Å². The van der Waals surface area contributed by atoms with Crippen molar-refractivity contribution in [3.8, 4) is 0 Å². The van der Waals surface area contributed by atoms with Crippen LogP contribution in [0.5, 0.6) is 0 Å². The summed E-state index contributed by atoms with van der Waals surface area (Å²) in [4.78, 5) is 9.77. The maximum absolute atomic E-state index is 11.9. The van der Waals surface area contributed by atoms with Crippen molar-refractivity contribution < 1.29 is 14.6 Å². The molecule has 3 atom stereocenters. The van der Waals surface area contributed by atoms with E-state index in [1.807, 2.05) is 6.92 Å². The molecule has 0 heterocycles. The summed E-state index contributed by atoms with van der Waals surface area (Å²) >= 11 is 5.77. The topological polar surface area (TPSA) is 83.5 Å². The summed E-state index contributed by atoms with van der Waals surface area (Å²) in [6.07, 6.45) is 0.555. The lowest BCUT2D eigenvalue weighted by molar-refractivity contribution is 0.164. The first-order valence-electron chi connectivity index (χ1n) is 6.35. The van der Waals surface area contributed by atoms with Gasteiger partial charge < -0.3 is 15.7 Å². The van der Waals surface area contributed by atoms with Gasteiger partial charge in [0.05, 0.1) is 18.3 Å². The predicted octanol–water partition coefficient (Wildman–Crippen LogP) is 2.77. The molecule has 0 aliphatic heterocycles. The molecule has 108 valence electrons. The summed E-state index contributed by atoms with van der Waals surface area (Å²) in [6, 6.07) is 6.10. The highest BCUT2D eigenvalue weighted by molar-refractivity contribution is 7.58. The van der Waals surface area contributed by atoms with E-state index in [4.69, 9.17) is 17.3 Å². The summed E-state index contributed by atoms with van der Waals surface area (Å²) in [5.74, 6) is 0. The van der Waals surface area contributed by atoms with E-state index < -0.39 is 19.5 Å². The van der Waals surface area contributed by atoms with Crippen LogP contribution in [-0.2, 0) is 4.57 Å². The summed E-state index contributed by atoms with van der Waals surface area (Å²) in [5, 5.41) is 10.6. The van der Waals surface area contributed by atoms with E-state index in [0.717, 1.165) is 6.42 Å². The third-order valence-corrected chi connectivity index (χ3v) is 5.21. The van der Waals surface area contributed by atoms with Gasteiger partial charge in [0.1, 0.15) is 0 Å². The quantitative estimate of drug-likeness (QED) is 0.676. The van der Waals surface area contributed by atoms with Crippen LogP contribution in [0.4, 0.5) is 0 Å². The second-order valence-corrected chi connectivity index (χ2v) is 7.69. The molecule has 0 saturated heterocycles. The van der Waals surface area contributed by atoms with E-state index in [1.54, 1.807) is 24.3 Å². The average Bonchev–Trinajstić information content (AvgIpc) is 2.36. The van der Waals surface area contributed by atoms with Gasteiger partial charge in [-0.25, -0.2) is 0 Å². The van der Waals surface area contributed by atoms with Crippen molar-refractivity contribution in [3.05, 3.63) is 34.9 Å². The Hall–Kier alpha value is -0.380. The highest BCUT2D eigenvalue weighted by Crippen LogP contribution is 2.43. The second-order valence-electron chi connectivity index (χ2n) is 4.75. The van der Waals surface area contributed by atoms with Crippen molar-refractivity contribution in [1.82, 2.24) is 0 Å². The van der Waals surface area contributed by atoms with Crippen molar-refractivity contribution in [2.45, 2.75) is 31.9 Å². The number of halogens is 1. The van der Waals surface area contributed by atoms with Gasteiger partial charge in [-0.1, -0.05) is 37.1 Å². The van der Waals surface area contributed by atoms with Crippen molar-refractivity contribution in [2.24, 2.45) is 5.73 Å². The number of aliphatic hydroxyl groups is 1. The van der Waals surface area contributed by atoms with Crippen LogP contribution >= 0.6 is 19.0 Å². The van der Waals surface area contributed by atoms with Gasteiger partial charge in [-0.15, -0.1) is 0 Å². The van der Waals surface area contributed by atoms with E-state index in [0.29, 0.717) is 17.0 Å². The van der Waals surface area contributed by atoms with Gasteiger partial charge in [0, 0.05) is 11.2 Å². The Bertz CT molecular complexity index is 438. The molecule has 1 aromatic carbocycles. The van der Waals surface area contributed by atoms with Crippen molar-refractivity contribution in [3.63, 3.8) is 0 Å². The van der Waals surface area contributed by atoms with Crippen molar-refractivity contribution in [2.75, 3.05) is 12.3 Å². The Kier molecular flexibility index (Phi) is 6.51. The highest BCUT2D eigenvalue weighted by atomic mass is 35.5. The molecule has 0 aromatic heterocycles. The minimum Gasteiger partial charge on any atom is -0.391 e. The molecular weight excluding hydrogens is 285 g/mol. The zero-order valence-electron chi connectivity index (χ0n) is 11.0. The molecule has 0 bridgehead atoms. The summed E-state index contributed by atoms with van der Waals surface area (Å²) in [6.45, 7) is 1.95. The summed E-state index contributed by atoms with van der Waals surface area (Å²) in [7, 11) is -3.31. The first-order valence-corrected chi connectivity index (χ1v) is 8.76. The van der Waals surface area contributed by atoms with Gasteiger partial charge in [-0.3, -0.25) is 4.57 Å². The molecule has 4 N–H and O–H groups in total. The maximum atomic E-state index is 11.9. The van der Waals surface area contributed by atoms with Gasteiger partial charge in [-0.2, -0.15) is 0 Å². The SMILES string of the molecule is CCCCP(=O)(O)CC(O)C(N)c1ccc(Cl)cc1. The molecule has 1 aromatic rings. The molecule has 1 rings (SSSR count). The third-order valence-electron chi connectivity index (χ3n) is 3.00. The molecule has 0 amide bonds. The van der Waals surface area contributed by atoms with Gasteiger partial charge in [0.25, 0.3) is 0 Å². The van der Waals surface area contributed by atoms with Gasteiger partial charge in [0.2, 0.25) is 7.37 Å². The van der Waals surface area contributed by atoms with E-state index in [2.05, 4.69) is 0 Å². The molecular formula is C13H21ClNO3P. The molecule has 0 radical (unpaired) electrons. The Morgan fingerprint density at radius 3 is 2.47 bits per heavy atom. The zero-order chi connectivity index (χ0) is 14.5. The van der Waals surface area contributed by atoms with Gasteiger partial charge in [-0.05, 0) is 24.1 Å². The molecule has 4 nitrogen and oxygen atoms in total. The van der Waals surface area contributed by atoms with Crippen LogP contribution in [0.3, 0.4) is 0 Å². The number of rotatable bonds is 7. The fourth-order valence-electron chi connectivity index (χ4n) is 1.81. The Labute approximate surface area is 119 Å². The molecule has 6 heteroatoms. The number of hydrogen-bond donors (Lipinski definition) is 3. The minimum absolute atomic E-state index is 0.170. The lowest BCUT2D eigenvalue weighted by atomic mass is 10.0. The lowest BCUT2D eigenvalue weighted by Crippen LogP contribution is -2.29. The fraction of sp³-hybridized carbons (Fsp3) is 0.538. The number of hydrogen-bond acceptors (Lipinski definition) is 3. The van der Waals surface area contributed by atoms with Crippen LogP contribution in [0, 0.1) is 0 Å². The number of aliphatic hydroxyl groups excluding tert-OH is 1. The van der Waals surface area contributed by atoms with Crippen LogP contribution in [0.25, 0.3) is 0 Å². The van der Waals surface area contributed by atoms with Crippen molar-refractivity contribution >= 4 is 19.0 Å². The largest absolute Gasteiger partial charge is 0.391 e. The number of unbranched alkanes of at least 4 members (excludes halogenated alkanes) is 1. The van der Waals surface area contributed by atoms with Crippen LogP contribution in [-0.4, -0.2) is 28.4 Å². The third kappa shape index (κ3) is 5.64. The average molecular weight is 306 g/mol. The highest BCUT2D eigenvalue weighted by Gasteiger charge is 2.26. The van der Waals surface area contributed by atoms with Gasteiger partial charge >= 0.3 is 0 Å². The van der Waals surface area contributed by atoms with Crippen LogP contribution < -0.4 is 5.73 Å². The lowest BCUT2D eigenvalue weighted by Gasteiger charge is -2.22. The number of nitrogens with two attached hydrogens (primary N) is 1. The monoisotopic (exact) mass is 305 g/mol. The maximum Gasteiger partial charge on any atom is 0.203 e. The number of benzene rings is 1. The summed E-state index contributed by atoms with van der Waals surface area (Å²) < 4.78 is 11.9. The first-order chi connectivity index (χ1) is 8.85. The van der Waals surface area contributed by atoms with Crippen LogP contribution in [0.15, 0.2) is 24.3 Å². The molecule has 0 fully saturated rings. The predicted molar refractivity (Wildman–Crippen MR) is 78.9 cm³/mol. The first kappa shape index (κ1) is 16.7. The Morgan fingerprint density at radius 1 is 1.37 bits per heavy atom. The minimum atomic E-state index is -3.31. The molecule has 0 aliphatic rings. The van der Waals surface area contributed by atoms with E-state index in [1.165, 1.54) is 0 Å². The Morgan fingerprint density at radius 2 is 1.95 bits per heavy atom. The van der Waals surface area contributed by atoms with E-state index in [-0.39, 0.29) is 12.3 Å². The molecule has 0 saturated carbocycles. The van der Waals surface area contributed by atoms with E-state index in [9.17, 15) is 14.6 Å². The molecule has 0 spiro atoms. The normalized spacial score (nSPS) is 17.7. The second kappa shape index (κ2) is 7.41. The Balaban J connectivity index is 2.64. The fourth-order valence-corrected chi connectivity index (χ4v) is 3.74. The smallest absolute Gasteiger partial charge is 0.203 e. The zero-order valence-corrected chi connectivity index (χ0v) is 12.6. The van der Waals surface area contributed by atoms with E-state index >= 15 is 0 Å². The van der Waals surface area contributed by atoms with Gasteiger partial charge in [0.15, 0.2) is 0 Å². The molecule has 0 aliphatic carbocycles.